The van der Waals surface area contributed by atoms with Crippen LogP contribution in [0, 0.1) is 11.8 Å². The third-order valence-corrected chi connectivity index (χ3v) is 15.1. The van der Waals surface area contributed by atoms with Crippen LogP contribution in [0.2, 0.25) is 0 Å². The number of rotatable bonds is 56. The molecule has 0 aliphatic rings. The van der Waals surface area contributed by atoms with Crippen molar-refractivity contribution in [3.8, 4) is 0 Å². The minimum absolute atomic E-state index is 0. The van der Waals surface area contributed by atoms with E-state index in [0.717, 1.165) is 51.4 Å². The zero-order valence-corrected chi connectivity index (χ0v) is 50.6. The molecule has 0 aromatic carbocycles. The fourth-order valence-corrected chi connectivity index (χ4v) is 10.4. The molecule has 0 fully saturated rings. The Balaban J connectivity index is -0.00000124. The van der Waals surface area contributed by atoms with E-state index in [1.165, 1.54) is 270 Å². The molecule has 0 aliphatic heterocycles. The van der Waals surface area contributed by atoms with E-state index >= 15 is 0 Å². The van der Waals surface area contributed by atoms with Crippen LogP contribution in [0.5, 0.6) is 0 Å². The van der Waals surface area contributed by atoms with Gasteiger partial charge in [0.15, 0.2) is 0 Å². The minimum Gasteiger partial charge on any atom is -0.726 e. The second-order valence-corrected chi connectivity index (χ2v) is 23.2. The fourth-order valence-electron chi connectivity index (χ4n) is 9.72. The molecule has 0 amide bonds. The van der Waals surface area contributed by atoms with Gasteiger partial charge in [0, 0.05) is 0 Å². The van der Waals surface area contributed by atoms with Crippen molar-refractivity contribution >= 4 is 58.5 Å². The van der Waals surface area contributed by atoms with Crippen LogP contribution in [0.4, 0.5) is 0 Å². The third kappa shape index (κ3) is 69.0. The van der Waals surface area contributed by atoms with Gasteiger partial charge in [-0.15, -0.1) is 0 Å². The maximum Gasteiger partial charge on any atom is 2.00 e. The van der Waals surface area contributed by atoms with Crippen molar-refractivity contribution in [3.05, 3.63) is 0 Å². The summed E-state index contributed by atoms with van der Waals surface area (Å²) in [5, 5.41) is 0. The molecule has 69 heavy (non-hydrogen) atoms. The van der Waals surface area contributed by atoms with E-state index in [2.05, 4.69) is 36.1 Å². The molecule has 0 N–H and O–H groups in total. The Morgan fingerprint density at radius 3 is 0.536 bits per heavy atom. The van der Waals surface area contributed by atoms with Gasteiger partial charge in [0.1, 0.15) is 0 Å². The molecule has 0 aliphatic carbocycles. The van der Waals surface area contributed by atoms with Crippen molar-refractivity contribution in [2.45, 2.75) is 349 Å². The molecule has 412 valence electrons. The van der Waals surface area contributed by atoms with Gasteiger partial charge in [-0.2, -0.15) is 0 Å². The molecule has 0 saturated carbocycles. The summed E-state index contributed by atoms with van der Waals surface area (Å²) in [5.41, 5.74) is 0. The first-order valence-electron chi connectivity index (χ1n) is 30.2. The van der Waals surface area contributed by atoms with Gasteiger partial charge in [0.05, 0.1) is 13.2 Å². The summed E-state index contributed by atoms with van der Waals surface area (Å²) < 4.78 is 73.8. The molecule has 2 atom stereocenters. The maximum atomic E-state index is 10.8. The zero-order chi connectivity index (χ0) is 50.3. The predicted octanol–water partition coefficient (Wildman–Crippen LogP) is 19.4. The van der Waals surface area contributed by atoms with Gasteiger partial charge in [-0.25, -0.2) is 16.8 Å². The van der Waals surface area contributed by atoms with Crippen LogP contribution in [0.3, 0.4) is 0 Å². The van der Waals surface area contributed by atoms with Gasteiger partial charge in [0.25, 0.3) is 0 Å². The molecular formula is C58H118CaO8S2. The van der Waals surface area contributed by atoms with E-state index in [1.54, 1.807) is 0 Å². The van der Waals surface area contributed by atoms with Crippen molar-refractivity contribution in [1.82, 2.24) is 0 Å². The number of unbranched alkanes of at least 4 members (excludes halogenated alkanes) is 42. The minimum atomic E-state index is -4.57. The van der Waals surface area contributed by atoms with Crippen LogP contribution < -0.4 is 0 Å². The standard InChI is InChI=1S/2C29H60O4S.Ca/c2*1-3-5-7-9-10-11-12-13-14-15-16-17-18-19-20-21-22-23-25-27-29(26-24-8-6-4-2)28-33-34(30,31)32;/h2*29H,3-28H2,1-2H3,(H,30,31,32);/q;;+2/p-2. The van der Waals surface area contributed by atoms with E-state index in [4.69, 9.17) is 0 Å². The van der Waals surface area contributed by atoms with Crippen molar-refractivity contribution in [1.29, 1.82) is 0 Å². The Hall–Kier alpha value is 1.000. The Morgan fingerprint density at radius 2 is 0.391 bits per heavy atom. The molecule has 0 aromatic heterocycles. The van der Waals surface area contributed by atoms with Gasteiger partial charge in [-0.1, -0.05) is 323 Å². The number of hydrogen-bond donors (Lipinski definition) is 0. The average molecular weight is 1050 g/mol. The molecule has 0 rings (SSSR count). The third-order valence-electron chi connectivity index (χ3n) is 14.3. The van der Waals surface area contributed by atoms with Crippen LogP contribution in [0.15, 0.2) is 0 Å². The second kappa shape index (κ2) is 59.9. The Bertz CT molecular complexity index is 1080. The van der Waals surface area contributed by atoms with E-state index in [1.807, 2.05) is 0 Å². The summed E-state index contributed by atoms with van der Waals surface area (Å²) in [4.78, 5) is 0. The van der Waals surface area contributed by atoms with Crippen molar-refractivity contribution < 1.29 is 34.3 Å². The monoisotopic (exact) mass is 1050 g/mol. The zero-order valence-electron chi connectivity index (χ0n) is 46.7. The summed E-state index contributed by atoms with van der Waals surface area (Å²) in [6, 6.07) is 0. The van der Waals surface area contributed by atoms with E-state index in [9.17, 15) is 25.9 Å². The summed E-state index contributed by atoms with van der Waals surface area (Å²) in [5.74, 6) is 0.401. The topological polar surface area (TPSA) is 133 Å². The molecule has 0 aromatic rings. The van der Waals surface area contributed by atoms with Crippen LogP contribution >= 0.6 is 0 Å². The Kier molecular flexibility index (Phi) is 64.4. The van der Waals surface area contributed by atoms with Crippen LogP contribution in [0.25, 0.3) is 0 Å². The Labute approximate surface area is 463 Å². The van der Waals surface area contributed by atoms with Crippen molar-refractivity contribution in [3.63, 3.8) is 0 Å². The van der Waals surface area contributed by atoms with Crippen LogP contribution in [-0.2, 0) is 29.2 Å². The fraction of sp³-hybridized carbons (Fsp3) is 1.00. The van der Waals surface area contributed by atoms with E-state index < -0.39 is 20.8 Å². The SMILES string of the molecule is CCCCCCCCCCCCCCCCCCCCCC(CCCCCC)COS(=O)(=O)[O-].CCCCCCCCCCCCCCCCCCCCCC(CCCCCC)COS(=O)(=O)[O-].[Ca+2]. The first-order chi connectivity index (χ1) is 33.0. The predicted molar refractivity (Wildman–Crippen MR) is 298 cm³/mol. The molecular weight excluding hydrogens is 929 g/mol. The second-order valence-electron chi connectivity index (χ2n) is 21.1. The molecule has 0 radical (unpaired) electrons. The molecule has 8 nitrogen and oxygen atoms in total. The van der Waals surface area contributed by atoms with Crippen LogP contribution in [-0.4, -0.2) is 76.9 Å². The summed E-state index contributed by atoms with van der Waals surface area (Å²) >= 11 is 0. The van der Waals surface area contributed by atoms with Crippen molar-refractivity contribution in [2.75, 3.05) is 13.2 Å². The van der Waals surface area contributed by atoms with Gasteiger partial charge in [0.2, 0.25) is 20.8 Å². The first kappa shape index (κ1) is 74.2. The summed E-state index contributed by atoms with van der Waals surface area (Å²) in [6.45, 7) is 9.07. The maximum absolute atomic E-state index is 10.8. The van der Waals surface area contributed by atoms with E-state index in [-0.39, 0.29) is 62.8 Å². The normalized spacial score (nSPS) is 12.7. The van der Waals surface area contributed by atoms with Gasteiger partial charge < -0.3 is 9.11 Å². The van der Waals surface area contributed by atoms with Crippen molar-refractivity contribution in [2.24, 2.45) is 11.8 Å². The van der Waals surface area contributed by atoms with Gasteiger partial charge >= 0.3 is 37.7 Å². The largest absolute Gasteiger partial charge is 2.00 e. The summed E-state index contributed by atoms with van der Waals surface area (Å²) in [7, 11) is -9.14. The van der Waals surface area contributed by atoms with E-state index in [0.29, 0.717) is 0 Å². The smallest absolute Gasteiger partial charge is 0.726 e. The van der Waals surface area contributed by atoms with Gasteiger partial charge in [-0.3, -0.25) is 8.37 Å². The van der Waals surface area contributed by atoms with Gasteiger partial charge in [-0.05, 0) is 37.5 Å². The first-order valence-corrected chi connectivity index (χ1v) is 32.9. The quantitative estimate of drug-likeness (QED) is 0.0255. The number of hydrogen-bond acceptors (Lipinski definition) is 8. The molecule has 0 spiro atoms. The molecule has 0 saturated heterocycles. The van der Waals surface area contributed by atoms with Crippen LogP contribution in [0.1, 0.15) is 349 Å². The Morgan fingerprint density at radius 1 is 0.261 bits per heavy atom. The molecule has 0 bridgehead atoms. The summed E-state index contributed by atoms with van der Waals surface area (Å²) in [6.07, 6.45) is 65.4. The molecule has 11 heteroatoms. The average Bonchev–Trinajstić information content (AvgIpc) is 3.30. The molecule has 2 unspecified atom stereocenters. The molecule has 0 heterocycles.